The highest BCUT2D eigenvalue weighted by Crippen LogP contribution is 2.37. The maximum absolute atomic E-state index is 12.2. The second kappa shape index (κ2) is 4.50. The summed E-state index contributed by atoms with van der Waals surface area (Å²) < 4.78 is 25.5. The summed E-state index contributed by atoms with van der Waals surface area (Å²) in [4.78, 5) is 3.03. The summed E-state index contributed by atoms with van der Waals surface area (Å²) >= 11 is 0. The van der Waals surface area contributed by atoms with Crippen molar-refractivity contribution >= 4 is 26.5 Å². The van der Waals surface area contributed by atoms with Crippen LogP contribution in [0, 0.1) is 5.39 Å². The van der Waals surface area contributed by atoms with Crippen molar-refractivity contribution < 1.29 is 13.5 Å². The minimum atomic E-state index is -3.61. The smallest absolute Gasteiger partial charge is 0.426 e. The third-order valence-electron chi connectivity index (χ3n) is 2.84. The fraction of sp³-hybridized carbons (Fsp3) is 0.167. The van der Waals surface area contributed by atoms with Crippen LogP contribution in [0.5, 0.6) is 5.75 Å². The van der Waals surface area contributed by atoms with Crippen molar-refractivity contribution in [3.8, 4) is 5.75 Å². The van der Waals surface area contributed by atoms with Gasteiger partial charge in [-0.05, 0) is 12.1 Å². The van der Waals surface area contributed by atoms with Crippen LogP contribution in [0.2, 0.25) is 0 Å². The normalized spacial score (nSPS) is 11.7. The summed E-state index contributed by atoms with van der Waals surface area (Å²) in [6.07, 6.45) is 0. The van der Waals surface area contributed by atoms with E-state index in [0.717, 1.165) is 4.31 Å². The summed E-state index contributed by atoms with van der Waals surface area (Å²) in [7, 11) is -0.739. The molecule has 2 rings (SSSR count). The highest BCUT2D eigenvalue weighted by atomic mass is 32.2. The first-order chi connectivity index (χ1) is 8.89. The Morgan fingerprint density at radius 1 is 1.16 bits per heavy atom. The number of nitrogens with zero attached hydrogens (tertiary/aromatic N) is 3. The van der Waals surface area contributed by atoms with Crippen molar-refractivity contribution in [2.24, 2.45) is 0 Å². The lowest BCUT2D eigenvalue weighted by molar-refractivity contribution is 0.484. The molecule has 0 aliphatic heterocycles. The maximum Gasteiger partial charge on any atom is 0.426 e. The van der Waals surface area contributed by atoms with E-state index in [1.54, 1.807) is 6.07 Å². The number of fused-ring (bicyclic) bond motifs is 1. The number of rotatable bonds is 2. The van der Waals surface area contributed by atoms with Crippen molar-refractivity contribution in [1.29, 1.82) is 5.39 Å². The zero-order chi connectivity index (χ0) is 14.2. The van der Waals surface area contributed by atoms with E-state index >= 15 is 0 Å². The van der Waals surface area contributed by atoms with Gasteiger partial charge >= 0.3 is 5.69 Å². The van der Waals surface area contributed by atoms with Crippen molar-refractivity contribution in [3.63, 3.8) is 0 Å². The van der Waals surface area contributed by atoms with Gasteiger partial charge in [0.25, 0.3) is 0 Å². The molecule has 7 heteroatoms. The monoisotopic (exact) mass is 278 g/mol. The molecule has 0 fully saturated rings. The SMILES string of the molecule is CN(C)S(=O)(=O)c1cccc2c(O)c([N+]#N)ccc12. The van der Waals surface area contributed by atoms with E-state index in [1.165, 1.54) is 38.4 Å². The molecule has 19 heavy (non-hydrogen) atoms. The molecule has 0 unspecified atom stereocenters. The van der Waals surface area contributed by atoms with Crippen LogP contribution in [0.4, 0.5) is 5.69 Å². The predicted octanol–water partition coefficient (Wildman–Crippen LogP) is 2.28. The molecule has 2 aromatic rings. The molecular weight excluding hydrogens is 266 g/mol. The van der Waals surface area contributed by atoms with Crippen molar-refractivity contribution in [3.05, 3.63) is 35.3 Å². The molecule has 0 saturated heterocycles. The molecule has 0 bridgehead atoms. The zero-order valence-electron chi connectivity index (χ0n) is 10.4. The minimum Gasteiger partial charge on any atom is -0.501 e. The lowest BCUT2D eigenvalue weighted by atomic mass is 10.1. The number of benzene rings is 2. The number of phenolic OH excluding ortho intramolecular Hbond substituents is 1. The fourth-order valence-electron chi connectivity index (χ4n) is 1.80. The molecule has 0 radical (unpaired) electrons. The van der Waals surface area contributed by atoms with E-state index in [2.05, 4.69) is 4.98 Å². The Bertz CT molecular complexity index is 792. The number of aromatic hydroxyl groups is 1. The molecule has 0 saturated carbocycles. The van der Waals surface area contributed by atoms with Crippen LogP contribution >= 0.6 is 0 Å². The van der Waals surface area contributed by atoms with Gasteiger partial charge < -0.3 is 5.11 Å². The molecule has 0 heterocycles. The number of diazo groups is 1. The number of hydrogen-bond acceptors (Lipinski definition) is 4. The minimum absolute atomic E-state index is 0.00750. The van der Waals surface area contributed by atoms with E-state index in [9.17, 15) is 13.5 Å². The van der Waals surface area contributed by atoms with Gasteiger partial charge in [-0.2, -0.15) is 0 Å². The first-order valence-electron chi connectivity index (χ1n) is 5.42. The summed E-state index contributed by atoms with van der Waals surface area (Å²) in [6, 6.07) is 7.41. The zero-order valence-corrected chi connectivity index (χ0v) is 11.2. The average molecular weight is 278 g/mol. The number of hydrogen-bond donors (Lipinski definition) is 1. The average Bonchev–Trinajstić information content (AvgIpc) is 2.38. The van der Waals surface area contributed by atoms with Gasteiger partial charge in [-0.1, -0.05) is 12.1 Å². The van der Waals surface area contributed by atoms with Crippen LogP contribution < -0.4 is 0 Å². The molecule has 98 valence electrons. The Morgan fingerprint density at radius 2 is 1.84 bits per heavy atom. The molecule has 6 nitrogen and oxygen atoms in total. The van der Waals surface area contributed by atoms with Gasteiger partial charge in [0.05, 0.1) is 4.90 Å². The summed E-state index contributed by atoms with van der Waals surface area (Å²) in [5.74, 6) is -0.254. The quantitative estimate of drug-likeness (QED) is 0.854. The fourth-order valence-corrected chi connectivity index (χ4v) is 2.90. The summed E-state index contributed by atoms with van der Waals surface area (Å²) in [5, 5.41) is 19.3. The summed E-state index contributed by atoms with van der Waals surface area (Å²) in [5.41, 5.74) is -0.00750. The van der Waals surface area contributed by atoms with Crippen LogP contribution in [0.3, 0.4) is 0 Å². The van der Waals surface area contributed by atoms with E-state index in [-0.39, 0.29) is 16.3 Å². The Balaban J connectivity index is 2.88. The molecule has 0 aliphatic rings. The number of phenols is 1. The van der Waals surface area contributed by atoms with Crippen molar-refractivity contribution in [2.45, 2.75) is 4.90 Å². The molecule has 0 spiro atoms. The first kappa shape index (κ1) is 13.3. The van der Waals surface area contributed by atoms with Crippen molar-refractivity contribution in [2.75, 3.05) is 14.1 Å². The van der Waals surface area contributed by atoms with Gasteiger partial charge in [0, 0.05) is 30.9 Å². The lowest BCUT2D eigenvalue weighted by Gasteiger charge is -2.13. The van der Waals surface area contributed by atoms with Gasteiger partial charge in [0.2, 0.25) is 21.2 Å². The van der Waals surface area contributed by atoms with Crippen LogP contribution in [0.1, 0.15) is 0 Å². The molecule has 0 aliphatic carbocycles. The Morgan fingerprint density at radius 3 is 2.42 bits per heavy atom. The Hall–Kier alpha value is -2.17. The van der Waals surface area contributed by atoms with Gasteiger partial charge in [0.1, 0.15) is 0 Å². The van der Waals surface area contributed by atoms with Gasteiger partial charge in [0.15, 0.2) is 4.98 Å². The van der Waals surface area contributed by atoms with E-state index in [0.29, 0.717) is 10.8 Å². The molecule has 1 N–H and O–H groups in total. The molecule has 0 amide bonds. The van der Waals surface area contributed by atoms with Crippen LogP contribution in [-0.2, 0) is 10.0 Å². The molecular formula is C12H12N3O3S+. The summed E-state index contributed by atoms with van der Waals surface area (Å²) in [6.45, 7) is 0. The second-order valence-corrected chi connectivity index (χ2v) is 6.29. The van der Waals surface area contributed by atoms with Crippen LogP contribution in [0.25, 0.3) is 15.7 Å². The van der Waals surface area contributed by atoms with Crippen molar-refractivity contribution in [1.82, 2.24) is 4.31 Å². The highest BCUT2D eigenvalue weighted by molar-refractivity contribution is 7.89. The van der Waals surface area contributed by atoms with E-state index in [1.807, 2.05) is 0 Å². The third-order valence-corrected chi connectivity index (χ3v) is 4.71. The standard InChI is InChI=1S/C12H11N3O3S/c1-15(2)19(17,18)11-5-3-4-9-8(11)6-7-10(14-13)12(9)16/h3-7H,1-2H3/p+1. The van der Waals surface area contributed by atoms with Gasteiger partial charge in [-0.15, -0.1) is 0 Å². The predicted molar refractivity (Wildman–Crippen MR) is 71.2 cm³/mol. The van der Waals surface area contributed by atoms with E-state index in [4.69, 9.17) is 5.39 Å². The van der Waals surface area contributed by atoms with Gasteiger partial charge in [-0.25, -0.2) is 12.7 Å². The molecule has 2 aromatic carbocycles. The topological polar surface area (TPSA) is 85.8 Å². The molecule has 0 atom stereocenters. The first-order valence-corrected chi connectivity index (χ1v) is 6.86. The largest absolute Gasteiger partial charge is 0.501 e. The lowest BCUT2D eigenvalue weighted by Crippen LogP contribution is -2.22. The van der Waals surface area contributed by atoms with Gasteiger partial charge in [-0.3, -0.25) is 0 Å². The molecule has 0 aromatic heterocycles. The number of sulfonamides is 1. The highest BCUT2D eigenvalue weighted by Gasteiger charge is 2.23. The second-order valence-electron chi connectivity index (χ2n) is 4.17. The van der Waals surface area contributed by atoms with Crippen LogP contribution in [-0.4, -0.2) is 31.9 Å². The Kier molecular flexibility index (Phi) is 3.14. The maximum atomic E-state index is 12.2. The van der Waals surface area contributed by atoms with Crippen LogP contribution in [0.15, 0.2) is 35.2 Å². The third kappa shape index (κ3) is 2.01. The Labute approximate surface area is 110 Å². The van der Waals surface area contributed by atoms with E-state index < -0.39 is 10.0 Å².